The lowest BCUT2D eigenvalue weighted by Gasteiger charge is -2.25. The summed E-state index contributed by atoms with van der Waals surface area (Å²) >= 11 is 0. The molecule has 0 bridgehead atoms. The molecule has 1 rings (SSSR count). The summed E-state index contributed by atoms with van der Waals surface area (Å²) in [5.74, 6) is -0.252. The maximum atomic E-state index is 12.5. The summed E-state index contributed by atoms with van der Waals surface area (Å²) in [6.07, 6.45) is -2.88. The SMILES string of the molecule is CCOCCCN(CC(F)(F)F)C(=O)CC1CCNC1. The van der Waals surface area contributed by atoms with Crippen molar-refractivity contribution in [3.8, 4) is 0 Å². The lowest BCUT2D eigenvalue weighted by molar-refractivity contribution is -0.162. The Kier molecular flexibility index (Phi) is 7.29. The number of rotatable bonds is 8. The molecular formula is C13H23F3N2O2. The molecule has 7 heteroatoms. The molecule has 1 aliphatic heterocycles. The Morgan fingerprint density at radius 1 is 1.45 bits per heavy atom. The molecule has 1 saturated heterocycles. The summed E-state index contributed by atoms with van der Waals surface area (Å²) in [5.41, 5.74) is 0. The van der Waals surface area contributed by atoms with Crippen LogP contribution in [0.4, 0.5) is 13.2 Å². The van der Waals surface area contributed by atoms with Gasteiger partial charge >= 0.3 is 6.18 Å². The highest BCUT2D eigenvalue weighted by atomic mass is 19.4. The van der Waals surface area contributed by atoms with Crippen molar-refractivity contribution < 1.29 is 22.7 Å². The minimum Gasteiger partial charge on any atom is -0.382 e. The lowest BCUT2D eigenvalue weighted by Crippen LogP contribution is -2.40. The molecule has 0 spiro atoms. The first-order chi connectivity index (χ1) is 9.42. The summed E-state index contributed by atoms with van der Waals surface area (Å²) in [6.45, 7) is 3.21. The van der Waals surface area contributed by atoms with Gasteiger partial charge in [-0.25, -0.2) is 0 Å². The van der Waals surface area contributed by atoms with Crippen molar-refractivity contribution in [3.05, 3.63) is 0 Å². The van der Waals surface area contributed by atoms with E-state index in [1.165, 1.54) is 0 Å². The number of nitrogens with zero attached hydrogens (tertiary/aromatic N) is 1. The largest absolute Gasteiger partial charge is 0.406 e. The van der Waals surface area contributed by atoms with Gasteiger partial charge in [0.05, 0.1) is 0 Å². The first-order valence-electron chi connectivity index (χ1n) is 7.05. The third-order valence-electron chi connectivity index (χ3n) is 3.27. The van der Waals surface area contributed by atoms with Crippen LogP contribution in [0, 0.1) is 5.92 Å². The normalized spacial score (nSPS) is 19.3. The molecule has 0 radical (unpaired) electrons. The third kappa shape index (κ3) is 7.09. The number of ether oxygens (including phenoxy) is 1. The minimum atomic E-state index is -4.35. The van der Waals surface area contributed by atoms with Gasteiger partial charge in [0, 0.05) is 26.2 Å². The van der Waals surface area contributed by atoms with Gasteiger partial charge in [0.2, 0.25) is 5.91 Å². The number of carbonyl (C=O) groups excluding carboxylic acids is 1. The highest BCUT2D eigenvalue weighted by molar-refractivity contribution is 5.76. The Balaban J connectivity index is 2.44. The van der Waals surface area contributed by atoms with Gasteiger partial charge in [-0.1, -0.05) is 0 Å². The Bertz CT molecular complexity index is 292. The third-order valence-corrected chi connectivity index (χ3v) is 3.27. The van der Waals surface area contributed by atoms with Gasteiger partial charge < -0.3 is 15.0 Å². The molecule has 0 aliphatic carbocycles. The zero-order chi connectivity index (χ0) is 15.0. The van der Waals surface area contributed by atoms with Crippen LogP contribution in [-0.2, 0) is 9.53 Å². The second-order valence-corrected chi connectivity index (χ2v) is 5.04. The zero-order valence-corrected chi connectivity index (χ0v) is 11.8. The lowest BCUT2D eigenvalue weighted by atomic mass is 10.0. The van der Waals surface area contributed by atoms with E-state index in [4.69, 9.17) is 4.74 Å². The Labute approximate surface area is 117 Å². The van der Waals surface area contributed by atoms with E-state index in [1.54, 1.807) is 0 Å². The van der Waals surface area contributed by atoms with E-state index >= 15 is 0 Å². The van der Waals surface area contributed by atoms with Gasteiger partial charge in [0.25, 0.3) is 0 Å². The predicted molar refractivity (Wildman–Crippen MR) is 69.3 cm³/mol. The summed E-state index contributed by atoms with van der Waals surface area (Å²) < 4.78 is 42.7. The quantitative estimate of drug-likeness (QED) is 0.695. The number of alkyl halides is 3. The van der Waals surface area contributed by atoms with Gasteiger partial charge in [-0.3, -0.25) is 4.79 Å². The van der Waals surface area contributed by atoms with E-state index < -0.39 is 18.6 Å². The second-order valence-electron chi connectivity index (χ2n) is 5.04. The van der Waals surface area contributed by atoms with Crippen molar-refractivity contribution in [2.45, 2.75) is 32.4 Å². The van der Waals surface area contributed by atoms with Crippen molar-refractivity contribution in [2.75, 3.05) is 39.4 Å². The van der Waals surface area contributed by atoms with Crippen molar-refractivity contribution in [3.63, 3.8) is 0 Å². The van der Waals surface area contributed by atoms with Crippen LogP contribution in [0.3, 0.4) is 0 Å². The number of halogens is 3. The number of nitrogens with one attached hydrogen (secondary N) is 1. The maximum absolute atomic E-state index is 12.5. The molecule has 1 heterocycles. The average molecular weight is 296 g/mol. The molecular weight excluding hydrogens is 273 g/mol. The molecule has 1 N–H and O–H groups in total. The Hall–Kier alpha value is -0.820. The van der Waals surface area contributed by atoms with Crippen LogP contribution in [0.5, 0.6) is 0 Å². The molecule has 1 aliphatic rings. The maximum Gasteiger partial charge on any atom is 0.406 e. The molecule has 1 fully saturated rings. The topological polar surface area (TPSA) is 41.6 Å². The van der Waals surface area contributed by atoms with E-state index in [0.717, 1.165) is 17.9 Å². The molecule has 118 valence electrons. The fraction of sp³-hybridized carbons (Fsp3) is 0.923. The summed E-state index contributed by atoms with van der Waals surface area (Å²) in [5, 5.41) is 3.11. The van der Waals surface area contributed by atoms with Crippen LogP contribution in [0.1, 0.15) is 26.2 Å². The van der Waals surface area contributed by atoms with E-state index in [-0.39, 0.29) is 18.9 Å². The monoisotopic (exact) mass is 296 g/mol. The first-order valence-corrected chi connectivity index (χ1v) is 7.05. The van der Waals surface area contributed by atoms with Gasteiger partial charge in [0.15, 0.2) is 0 Å². The highest BCUT2D eigenvalue weighted by Gasteiger charge is 2.33. The number of hydrogen-bond donors (Lipinski definition) is 1. The number of amides is 1. The summed E-state index contributed by atoms with van der Waals surface area (Å²) in [7, 11) is 0. The molecule has 0 aromatic heterocycles. The van der Waals surface area contributed by atoms with E-state index in [0.29, 0.717) is 26.2 Å². The van der Waals surface area contributed by atoms with Gasteiger partial charge in [-0.05, 0) is 38.8 Å². The smallest absolute Gasteiger partial charge is 0.382 e. The van der Waals surface area contributed by atoms with Gasteiger partial charge in [-0.2, -0.15) is 13.2 Å². The van der Waals surface area contributed by atoms with Crippen molar-refractivity contribution in [1.82, 2.24) is 10.2 Å². The summed E-state index contributed by atoms with van der Waals surface area (Å²) in [4.78, 5) is 12.9. The van der Waals surface area contributed by atoms with Crippen molar-refractivity contribution in [1.29, 1.82) is 0 Å². The van der Waals surface area contributed by atoms with Crippen LogP contribution in [0.15, 0.2) is 0 Å². The van der Waals surface area contributed by atoms with Crippen LogP contribution >= 0.6 is 0 Å². The Morgan fingerprint density at radius 3 is 2.75 bits per heavy atom. The predicted octanol–water partition coefficient (Wildman–Crippen LogP) is 1.80. The molecule has 0 saturated carbocycles. The average Bonchev–Trinajstić information content (AvgIpc) is 2.84. The molecule has 1 atom stereocenters. The first kappa shape index (κ1) is 17.2. The van der Waals surface area contributed by atoms with Crippen LogP contribution in [0.2, 0.25) is 0 Å². The second kappa shape index (κ2) is 8.46. The fourth-order valence-corrected chi connectivity index (χ4v) is 2.27. The van der Waals surface area contributed by atoms with E-state index in [1.807, 2.05) is 6.92 Å². The molecule has 1 amide bonds. The minimum absolute atomic E-state index is 0.0957. The van der Waals surface area contributed by atoms with E-state index in [2.05, 4.69) is 5.32 Å². The molecule has 4 nitrogen and oxygen atoms in total. The summed E-state index contributed by atoms with van der Waals surface area (Å²) in [6, 6.07) is 0. The van der Waals surface area contributed by atoms with Crippen LogP contribution in [-0.4, -0.2) is 56.4 Å². The number of carbonyl (C=O) groups is 1. The zero-order valence-electron chi connectivity index (χ0n) is 11.8. The van der Waals surface area contributed by atoms with Crippen LogP contribution < -0.4 is 5.32 Å². The Morgan fingerprint density at radius 2 is 2.20 bits per heavy atom. The molecule has 1 unspecified atom stereocenters. The molecule has 0 aromatic rings. The highest BCUT2D eigenvalue weighted by Crippen LogP contribution is 2.19. The molecule has 0 aromatic carbocycles. The van der Waals surface area contributed by atoms with E-state index in [9.17, 15) is 18.0 Å². The van der Waals surface area contributed by atoms with Crippen molar-refractivity contribution >= 4 is 5.91 Å². The van der Waals surface area contributed by atoms with Gasteiger partial charge in [-0.15, -0.1) is 0 Å². The number of hydrogen-bond acceptors (Lipinski definition) is 3. The fourth-order valence-electron chi connectivity index (χ4n) is 2.27. The standard InChI is InChI=1S/C13H23F3N2O2/c1-2-20-7-3-6-18(10-13(14,15)16)12(19)8-11-4-5-17-9-11/h11,17H,2-10H2,1H3. The van der Waals surface area contributed by atoms with Crippen molar-refractivity contribution in [2.24, 2.45) is 5.92 Å². The van der Waals surface area contributed by atoms with Crippen LogP contribution in [0.25, 0.3) is 0 Å². The molecule has 20 heavy (non-hydrogen) atoms. The van der Waals surface area contributed by atoms with Gasteiger partial charge in [0.1, 0.15) is 6.54 Å².